The van der Waals surface area contributed by atoms with E-state index in [1.54, 1.807) is 25.7 Å². The number of amides is 1. The third-order valence-corrected chi connectivity index (χ3v) is 6.47. The predicted molar refractivity (Wildman–Crippen MR) is 155 cm³/mol. The molecule has 2 aromatic carbocycles. The van der Waals surface area contributed by atoms with Gasteiger partial charge in [-0.2, -0.15) is 5.10 Å². The number of aromatic amines is 1. The van der Waals surface area contributed by atoms with Crippen molar-refractivity contribution >= 4 is 40.5 Å². The number of nitrogens with two attached hydrogens (primary N) is 1. The molecule has 11 nitrogen and oxygen atoms in total. The van der Waals surface area contributed by atoms with Gasteiger partial charge in [0.15, 0.2) is 0 Å². The Balaban J connectivity index is 0.000000648. The molecule has 2 aromatic heterocycles. The van der Waals surface area contributed by atoms with Gasteiger partial charge in [0.2, 0.25) is 0 Å². The van der Waals surface area contributed by atoms with Crippen molar-refractivity contribution in [3.05, 3.63) is 77.4 Å². The highest BCUT2D eigenvalue weighted by Crippen LogP contribution is 2.26. The Labute approximate surface area is 227 Å². The van der Waals surface area contributed by atoms with Crippen molar-refractivity contribution in [1.82, 2.24) is 30.7 Å². The summed E-state index contributed by atoms with van der Waals surface area (Å²) >= 11 is 0. The number of H-pyrrole nitrogens is 1. The number of anilines is 2. The van der Waals surface area contributed by atoms with Crippen molar-refractivity contribution in [3.8, 4) is 0 Å². The van der Waals surface area contributed by atoms with E-state index in [0.29, 0.717) is 40.6 Å². The maximum atomic E-state index is 12.7. The summed E-state index contributed by atoms with van der Waals surface area (Å²) in [7, 11) is 1.76. The zero-order valence-corrected chi connectivity index (χ0v) is 22.2. The van der Waals surface area contributed by atoms with Crippen molar-refractivity contribution in [2.45, 2.75) is 45.2 Å². The smallest absolute Gasteiger partial charge is 0.253 e. The van der Waals surface area contributed by atoms with E-state index in [-0.39, 0.29) is 17.4 Å². The summed E-state index contributed by atoms with van der Waals surface area (Å²) in [5.41, 5.74) is 13.1. The highest BCUT2D eigenvalue weighted by molar-refractivity contribution is 6.16. The summed E-state index contributed by atoms with van der Waals surface area (Å²) in [6.45, 7) is 2.22. The first-order valence-corrected chi connectivity index (χ1v) is 12.9. The van der Waals surface area contributed by atoms with Crippen LogP contribution < -0.4 is 21.8 Å². The lowest BCUT2D eigenvalue weighted by Crippen LogP contribution is -2.23. The topological polar surface area (TPSA) is 170 Å². The molecule has 1 saturated carbocycles. The fourth-order valence-electron chi connectivity index (χ4n) is 4.51. The van der Waals surface area contributed by atoms with E-state index in [1.807, 2.05) is 43.3 Å². The van der Waals surface area contributed by atoms with Crippen LogP contribution in [0.1, 0.15) is 59.7 Å². The lowest BCUT2D eigenvalue weighted by molar-refractivity contribution is 0.0952. The number of aromatic nitrogens is 4. The molecule has 4 aromatic rings. The van der Waals surface area contributed by atoms with Gasteiger partial charge in [0.05, 0.1) is 28.7 Å². The average Bonchev–Trinajstić information content (AvgIpc) is 3.65. The van der Waals surface area contributed by atoms with Gasteiger partial charge in [-0.1, -0.05) is 43.2 Å². The van der Waals surface area contributed by atoms with Gasteiger partial charge >= 0.3 is 0 Å². The molecular weight excluding hydrogens is 492 g/mol. The highest BCUT2D eigenvalue weighted by Gasteiger charge is 2.21. The van der Waals surface area contributed by atoms with Gasteiger partial charge in [0.25, 0.3) is 5.91 Å². The zero-order chi connectivity index (χ0) is 27.6. The molecule has 0 atom stereocenters. The average molecular weight is 527 g/mol. The summed E-state index contributed by atoms with van der Waals surface area (Å²) in [5, 5.41) is 18.7. The lowest BCUT2D eigenvalue weighted by Gasteiger charge is -2.17. The number of imidazole rings is 1. The van der Waals surface area contributed by atoms with E-state index in [2.05, 4.69) is 41.1 Å². The second kappa shape index (κ2) is 13.1. The minimum atomic E-state index is -0.189. The number of nitrogen functional groups attached to an aromatic ring is 1. The van der Waals surface area contributed by atoms with E-state index in [1.165, 1.54) is 19.2 Å². The molecular formula is C28H34N10O. The normalized spacial score (nSPS) is 13.2. The van der Waals surface area contributed by atoms with Crippen molar-refractivity contribution in [3.63, 3.8) is 0 Å². The molecule has 7 N–H and O–H groups in total. The van der Waals surface area contributed by atoms with Crippen LogP contribution in [-0.2, 0) is 6.54 Å². The molecule has 0 spiro atoms. The molecule has 0 saturated heterocycles. The van der Waals surface area contributed by atoms with E-state index in [0.717, 1.165) is 23.9 Å². The van der Waals surface area contributed by atoms with Crippen molar-refractivity contribution in [2.24, 2.45) is 5.10 Å². The Morgan fingerprint density at radius 3 is 2.62 bits per heavy atom. The number of hydrogen-bond acceptors (Lipinski definition) is 9. The molecule has 5 rings (SSSR count). The van der Waals surface area contributed by atoms with Crippen LogP contribution in [0.15, 0.2) is 60.2 Å². The highest BCUT2D eigenvalue weighted by atomic mass is 16.1. The van der Waals surface area contributed by atoms with Gasteiger partial charge in [0, 0.05) is 31.4 Å². The van der Waals surface area contributed by atoms with Crippen LogP contribution in [0.4, 0.5) is 11.6 Å². The van der Waals surface area contributed by atoms with Crippen LogP contribution in [0.3, 0.4) is 0 Å². The molecule has 0 unspecified atom stereocenters. The number of fused-ring (bicyclic) bond motifs is 1. The third kappa shape index (κ3) is 6.75. The van der Waals surface area contributed by atoms with Crippen LogP contribution in [-0.4, -0.2) is 50.9 Å². The Morgan fingerprint density at radius 1 is 1.15 bits per heavy atom. The Bertz CT molecular complexity index is 1440. The van der Waals surface area contributed by atoms with Gasteiger partial charge < -0.3 is 26.8 Å². The monoisotopic (exact) mass is 526 g/mol. The van der Waals surface area contributed by atoms with Gasteiger partial charge in [0.1, 0.15) is 23.5 Å². The summed E-state index contributed by atoms with van der Waals surface area (Å²) in [4.78, 5) is 28.4. The van der Waals surface area contributed by atoms with Crippen molar-refractivity contribution in [2.75, 3.05) is 18.1 Å². The molecule has 1 fully saturated rings. The number of nitrogens with zero attached hydrogens (tertiary/aromatic N) is 4. The molecule has 1 amide bonds. The van der Waals surface area contributed by atoms with Crippen LogP contribution in [0.2, 0.25) is 0 Å². The second-order valence-electron chi connectivity index (χ2n) is 9.08. The van der Waals surface area contributed by atoms with E-state index in [9.17, 15) is 4.79 Å². The largest absolute Gasteiger partial charge is 0.383 e. The summed E-state index contributed by atoms with van der Waals surface area (Å²) < 4.78 is 0. The number of hydrazone groups is 1. The number of carbonyl (C=O) groups excluding carboxylic acids is 1. The Morgan fingerprint density at radius 2 is 1.92 bits per heavy atom. The number of nitrogens with one attached hydrogen (secondary N) is 5. The quantitative estimate of drug-likeness (QED) is 0.150. The number of benzene rings is 2. The molecule has 0 aliphatic heterocycles. The minimum absolute atomic E-state index is 0.189. The molecule has 0 bridgehead atoms. The second-order valence-corrected chi connectivity index (χ2v) is 9.08. The van der Waals surface area contributed by atoms with E-state index in [4.69, 9.17) is 11.1 Å². The fourth-order valence-corrected chi connectivity index (χ4v) is 4.51. The van der Waals surface area contributed by atoms with Crippen molar-refractivity contribution in [1.29, 1.82) is 5.41 Å². The summed E-state index contributed by atoms with van der Waals surface area (Å²) in [6.07, 6.45) is 9.27. The Hall–Kier alpha value is -4.80. The van der Waals surface area contributed by atoms with Gasteiger partial charge in [-0.3, -0.25) is 10.2 Å². The molecule has 11 heteroatoms. The molecule has 2 heterocycles. The van der Waals surface area contributed by atoms with Gasteiger partial charge in [-0.05, 0) is 37.5 Å². The molecule has 1 aliphatic carbocycles. The van der Waals surface area contributed by atoms with Crippen molar-refractivity contribution < 1.29 is 4.79 Å². The van der Waals surface area contributed by atoms with Crippen LogP contribution >= 0.6 is 0 Å². The number of carbonyl (C=O) groups is 1. The first-order chi connectivity index (χ1) is 19.0. The number of rotatable bonds is 8. The van der Waals surface area contributed by atoms with Crippen LogP contribution in [0, 0.1) is 5.41 Å². The fraction of sp³-hybridized carbons (Fsp3) is 0.286. The number of para-hydroxylation sites is 1. The van der Waals surface area contributed by atoms with Crippen LogP contribution in [0.25, 0.3) is 11.0 Å². The number of hydrogen-bond donors (Lipinski definition) is 6. The maximum absolute atomic E-state index is 12.7. The standard InChI is InChI=1S/C25H26N8O.C3H8N2/c26-21(20-23(27)31-14-32-24(20)33-17-4-1-2-5-17)16-10-8-15(9-11-16)12-28-25(34)18-6-3-7-19-22(18)30-13-29-19;1-3-5-4-2/h3,6-11,13-14,17,26H,1-2,4-5,12H2,(H,28,34)(H,29,30)(H3,27,31,32,33);3-4H,1-2H3/b;5-3-. The van der Waals surface area contributed by atoms with Gasteiger partial charge in [-0.25, -0.2) is 15.0 Å². The SMILES string of the molecule is C/C=N\NC.N=C(c1ccc(CNC(=O)c2cccc3[nH]cnc23)cc1)c1c(N)ncnc1NC1CCCC1. The maximum Gasteiger partial charge on any atom is 0.253 e. The molecule has 1 aliphatic rings. The van der Waals surface area contributed by atoms with Crippen LogP contribution in [0.5, 0.6) is 0 Å². The summed E-state index contributed by atoms with van der Waals surface area (Å²) in [6, 6.07) is 13.3. The predicted octanol–water partition coefficient (Wildman–Crippen LogP) is 3.85. The van der Waals surface area contributed by atoms with Gasteiger partial charge in [-0.15, -0.1) is 0 Å². The van der Waals surface area contributed by atoms with E-state index >= 15 is 0 Å². The molecule has 202 valence electrons. The third-order valence-electron chi connectivity index (χ3n) is 6.47. The molecule has 0 radical (unpaired) electrons. The Kier molecular flexibility index (Phi) is 9.17. The van der Waals surface area contributed by atoms with E-state index < -0.39 is 0 Å². The first kappa shape index (κ1) is 27.2. The first-order valence-electron chi connectivity index (χ1n) is 12.9. The molecule has 39 heavy (non-hydrogen) atoms. The lowest BCUT2D eigenvalue weighted by atomic mass is 10.0. The zero-order valence-electron chi connectivity index (χ0n) is 22.2. The summed E-state index contributed by atoms with van der Waals surface area (Å²) in [5.74, 6) is 0.698. The minimum Gasteiger partial charge on any atom is -0.383 e.